The highest BCUT2D eigenvalue weighted by Gasteiger charge is 2.33. The first kappa shape index (κ1) is 23.2. The van der Waals surface area contributed by atoms with Crippen molar-refractivity contribution in [2.24, 2.45) is 4.99 Å². The van der Waals surface area contributed by atoms with Crippen LogP contribution in [0.1, 0.15) is 36.6 Å². The second kappa shape index (κ2) is 9.49. The second-order valence-electron chi connectivity index (χ2n) is 7.61. The molecule has 1 aliphatic heterocycles. The molecule has 8 heteroatoms. The molecule has 1 aromatic heterocycles. The van der Waals surface area contributed by atoms with E-state index in [-0.39, 0.29) is 12.2 Å². The number of benzene rings is 2. The van der Waals surface area contributed by atoms with Crippen LogP contribution in [-0.2, 0) is 9.53 Å². The monoisotopic (exact) mass is 526 g/mol. The molecule has 0 N–H and O–H groups in total. The molecule has 2 heterocycles. The smallest absolute Gasteiger partial charge is 0.338 e. The van der Waals surface area contributed by atoms with E-state index in [1.165, 1.54) is 11.3 Å². The van der Waals surface area contributed by atoms with Crippen LogP contribution in [0, 0.1) is 6.92 Å². The van der Waals surface area contributed by atoms with E-state index in [0.29, 0.717) is 26.4 Å². The van der Waals surface area contributed by atoms with Crippen LogP contribution >= 0.6 is 27.3 Å². The average molecular weight is 527 g/mol. The molecule has 1 unspecified atom stereocenters. The molecule has 0 fully saturated rings. The zero-order valence-corrected chi connectivity index (χ0v) is 21.1. The summed E-state index contributed by atoms with van der Waals surface area (Å²) in [4.78, 5) is 31.7. The molecule has 3 aromatic rings. The maximum Gasteiger partial charge on any atom is 0.338 e. The number of fused-ring (bicyclic) bond motifs is 1. The molecule has 0 spiro atoms. The number of hydrogen-bond donors (Lipinski definition) is 0. The molecule has 0 aliphatic carbocycles. The minimum atomic E-state index is -0.664. The van der Waals surface area contributed by atoms with E-state index in [0.717, 1.165) is 21.2 Å². The van der Waals surface area contributed by atoms with Gasteiger partial charge in [0.2, 0.25) is 0 Å². The number of halogens is 1. The van der Waals surface area contributed by atoms with Gasteiger partial charge in [-0.3, -0.25) is 9.36 Å². The van der Waals surface area contributed by atoms with Gasteiger partial charge in [0.1, 0.15) is 5.75 Å². The lowest BCUT2D eigenvalue weighted by atomic mass is 9.96. The number of rotatable bonds is 5. The molecule has 4 rings (SSSR count). The SMILES string of the molecule is CCOC(=O)C1=C(C)N=c2s/c(=C\c3ccc(C)cc3)c(=O)n2C1c1ccc(OC)c(Br)c1. The third-order valence-corrected chi connectivity index (χ3v) is 6.99. The van der Waals surface area contributed by atoms with Crippen LogP contribution in [0.2, 0.25) is 0 Å². The van der Waals surface area contributed by atoms with Crippen LogP contribution in [0.5, 0.6) is 5.75 Å². The van der Waals surface area contributed by atoms with Gasteiger partial charge in [0.25, 0.3) is 5.56 Å². The van der Waals surface area contributed by atoms with Gasteiger partial charge >= 0.3 is 5.97 Å². The van der Waals surface area contributed by atoms with E-state index in [2.05, 4.69) is 20.9 Å². The predicted molar refractivity (Wildman–Crippen MR) is 132 cm³/mol. The first-order chi connectivity index (χ1) is 15.8. The fourth-order valence-electron chi connectivity index (χ4n) is 3.77. The van der Waals surface area contributed by atoms with Gasteiger partial charge in [-0.1, -0.05) is 47.2 Å². The number of carbonyl (C=O) groups is 1. The lowest BCUT2D eigenvalue weighted by Gasteiger charge is -2.25. The predicted octanol–water partition coefficient (Wildman–Crippen LogP) is 3.88. The first-order valence-electron chi connectivity index (χ1n) is 10.4. The van der Waals surface area contributed by atoms with E-state index < -0.39 is 12.0 Å². The Balaban J connectivity index is 1.96. The summed E-state index contributed by atoms with van der Waals surface area (Å²) in [6.45, 7) is 5.77. The second-order valence-corrected chi connectivity index (χ2v) is 9.47. The standard InChI is InChI=1S/C25H23BrN2O4S/c1-5-32-24(30)21-15(3)27-25-28(22(21)17-10-11-19(31-4)18(26)13-17)23(29)20(33-25)12-16-8-6-14(2)7-9-16/h6-13,22H,5H2,1-4H3/b20-12-. The summed E-state index contributed by atoms with van der Waals surface area (Å²) in [5.41, 5.74) is 3.51. The van der Waals surface area contributed by atoms with Gasteiger partial charge in [-0.15, -0.1) is 0 Å². The highest BCUT2D eigenvalue weighted by Crippen LogP contribution is 2.34. The summed E-state index contributed by atoms with van der Waals surface area (Å²) in [5, 5.41) is 0. The Kier molecular flexibility index (Phi) is 6.67. The van der Waals surface area contributed by atoms with Crippen molar-refractivity contribution in [2.75, 3.05) is 13.7 Å². The first-order valence-corrected chi connectivity index (χ1v) is 12.0. The highest BCUT2D eigenvalue weighted by molar-refractivity contribution is 9.10. The molecule has 6 nitrogen and oxygen atoms in total. The summed E-state index contributed by atoms with van der Waals surface area (Å²) in [5.74, 6) is 0.174. The van der Waals surface area contributed by atoms with Gasteiger partial charge < -0.3 is 9.47 Å². The Hall–Kier alpha value is -2.97. The number of carbonyl (C=O) groups excluding carboxylic acids is 1. The lowest BCUT2D eigenvalue weighted by Crippen LogP contribution is -2.39. The van der Waals surface area contributed by atoms with Crippen LogP contribution in [0.4, 0.5) is 0 Å². The largest absolute Gasteiger partial charge is 0.496 e. The van der Waals surface area contributed by atoms with Crippen molar-refractivity contribution in [1.29, 1.82) is 0 Å². The summed E-state index contributed by atoms with van der Waals surface area (Å²) in [7, 11) is 1.59. The minimum Gasteiger partial charge on any atom is -0.496 e. The van der Waals surface area contributed by atoms with Crippen molar-refractivity contribution < 1.29 is 14.3 Å². The Morgan fingerprint density at radius 3 is 2.58 bits per heavy atom. The molecule has 0 saturated heterocycles. The molecule has 2 aromatic carbocycles. The maximum absolute atomic E-state index is 13.6. The molecule has 0 amide bonds. The van der Waals surface area contributed by atoms with Crippen molar-refractivity contribution >= 4 is 39.3 Å². The normalized spacial score (nSPS) is 15.8. The van der Waals surface area contributed by atoms with E-state index in [4.69, 9.17) is 9.47 Å². The number of aromatic nitrogens is 1. The lowest BCUT2D eigenvalue weighted by molar-refractivity contribution is -0.139. The quantitative estimate of drug-likeness (QED) is 0.473. The fourth-order valence-corrected chi connectivity index (χ4v) is 5.38. The van der Waals surface area contributed by atoms with Gasteiger partial charge in [-0.25, -0.2) is 9.79 Å². The number of esters is 1. The molecule has 1 atom stereocenters. The number of thiazole rings is 1. The number of methoxy groups -OCH3 is 1. The molecule has 0 bridgehead atoms. The van der Waals surface area contributed by atoms with Crippen molar-refractivity contribution in [3.8, 4) is 5.75 Å². The molecule has 0 radical (unpaired) electrons. The summed E-state index contributed by atoms with van der Waals surface area (Å²) in [6, 6.07) is 12.8. The summed E-state index contributed by atoms with van der Waals surface area (Å²) < 4.78 is 13.5. The van der Waals surface area contributed by atoms with Crippen molar-refractivity contribution in [3.05, 3.63) is 94.6 Å². The minimum absolute atomic E-state index is 0.203. The van der Waals surface area contributed by atoms with Gasteiger partial charge in [-0.05, 0) is 66.0 Å². The average Bonchev–Trinajstić information content (AvgIpc) is 3.09. The van der Waals surface area contributed by atoms with Crippen LogP contribution in [-0.4, -0.2) is 24.3 Å². The van der Waals surface area contributed by atoms with Crippen LogP contribution in [0.25, 0.3) is 6.08 Å². The number of ether oxygens (including phenoxy) is 2. The zero-order chi connectivity index (χ0) is 23.7. The number of nitrogens with zero attached hydrogens (tertiary/aromatic N) is 2. The number of hydrogen-bond acceptors (Lipinski definition) is 6. The Labute approximate surface area is 203 Å². The van der Waals surface area contributed by atoms with Gasteiger partial charge in [0.05, 0.1) is 40.0 Å². The summed E-state index contributed by atoms with van der Waals surface area (Å²) >= 11 is 4.83. The molecule has 170 valence electrons. The van der Waals surface area contributed by atoms with E-state index in [9.17, 15) is 9.59 Å². The molecular weight excluding hydrogens is 504 g/mol. The van der Waals surface area contributed by atoms with Gasteiger partial charge in [-0.2, -0.15) is 0 Å². The number of allylic oxidation sites excluding steroid dienone is 1. The van der Waals surface area contributed by atoms with Crippen LogP contribution < -0.4 is 19.6 Å². The molecule has 0 saturated carbocycles. The number of aryl methyl sites for hydroxylation is 1. The third kappa shape index (κ3) is 4.45. The third-order valence-electron chi connectivity index (χ3n) is 5.38. The van der Waals surface area contributed by atoms with Crippen molar-refractivity contribution in [2.45, 2.75) is 26.8 Å². The maximum atomic E-state index is 13.6. The Bertz CT molecular complexity index is 1430. The van der Waals surface area contributed by atoms with E-state index >= 15 is 0 Å². The fraction of sp³-hybridized carbons (Fsp3) is 0.240. The molecular formula is C25H23BrN2O4S. The molecule has 33 heavy (non-hydrogen) atoms. The van der Waals surface area contributed by atoms with Gasteiger partial charge in [0.15, 0.2) is 4.80 Å². The Morgan fingerprint density at radius 1 is 1.21 bits per heavy atom. The summed E-state index contributed by atoms with van der Waals surface area (Å²) in [6.07, 6.45) is 1.85. The van der Waals surface area contributed by atoms with E-state index in [1.807, 2.05) is 49.4 Å². The zero-order valence-electron chi connectivity index (χ0n) is 18.7. The molecule has 1 aliphatic rings. The van der Waals surface area contributed by atoms with Crippen LogP contribution in [0.3, 0.4) is 0 Å². The Morgan fingerprint density at radius 2 is 1.94 bits per heavy atom. The van der Waals surface area contributed by atoms with Gasteiger partial charge in [0, 0.05) is 0 Å². The van der Waals surface area contributed by atoms with E-state index in [1.54, 1.807) is 31.6 Å². The van der Waals surface area contributed by atoms with Crippen LogP contribution in [0.15, 0.2) is 68.0 Å². The topological polar surface area (TPSA) is 69.9 Å². The highest BCUT2D eigenvalue weighted by atomic mass is 79.9. The van der Waals surface area contributed by atoms with Crippen molar-refractivity contribution in [1.82, 2.24) is 4.57 Å². The van der Waals surface area contributed by atoms with Crippen molar-refractivity contribution in [3.63, 3.8) is 0 Å².